The van der Waals surface area contributed by atoms with Gasteiger partial charge in [0.25, 0.3) is 0 Å². The van der Waals surface area contributed by atoms with Crippen molar-refractivity contribution in [3.63, 3.8) is 0 Å². The summed E-state index contributed by atoms with van der Waals surface area (Å²) in [7, 11) is 0. The highest BCUT2D eigenvalue weighted by molar-refractivity contribution is 5.59. The number of aromatic nitrogens is 2. The first kappa shape index (κ1) is 13.8. The quantitative estimate of drug-likeness (QED) is 0.872. The minimum atomic E-state index is -4.26. The van der Waals surface area contributed by atoms with Gasteiger partial charge in [0.1, 0.15) is 18.9 Å². The van der Waals surface area contributed by atoms with Crippen molar-refractivity contribution in [3.05, 3.63) is 42.2 Å². The number of ether oxygens (including phenoxy) is 1. The molecule has 1 aliphatic rings. The number of para-hydroxylation sites is 2. The van der Waals surface area contributed by atoms with E-state index in [1.54, 1.807) is 0 Å². The van der Waals surface area contributed by atoms with E-state index in [1.165, 1.54) is 12.4 Å². The maximum Gasteiger partial charge on any atom is 0.408 e. The largest absolute Gasteiger partial charge is 0.490 e. The van der Waals surface area contributed by atoms with E-state index in [0.29, 0.717) is 19.7 Å². The third-order valence-corrected chi connectivity index (χ3v) is 3.23. The molecule has 0 atom stereocenters. The van der Waals surface area contributed by atoms with Gasteiger partial charge in [-0.15, -0.1) is 0 Å². The van der Waals surface area contributed by atoms with E-state index in [0.717, 1.165) is 21.7 Å². The molecule has 0 bridgehead atoms. The average Bonchev–Trinajstić information content (AvgIpc) is 2.84. The Kier molecular flexibility index (Phi) is 3.48. The van der Waals surface area contributed by atoms with Crippen LogP contribution < -0.4 is 9.64 Å². The Hall–Kier alpha value is -2.18. The number of fused-ring (bicyclic) bond motifs is 1. The van der Waals surface area contributed by atoms with Gasteiger partial charge in [0.15, 0.2) is 0 Å². The van der Waals surface area contributed by atoms with E-state index in [2.05, 4.69) is 10.00 Å². The van der Waals surface area contributed by atoms with Crippen LogP contribution in [0.4, 0.5) is 18.9 Å². The second kappa shape index (κ2) is 5.31. The molecule has 1 aliphatic heterocycles. The Morgan fingerprint density at radius 2 is 2.05 bits per heavy atom. The van der Waals surface area contributed by atoms with Gasteiger partial charge >= 0.3 is 6.18 Å². The van der Waals surface area contributed by atoms with Crippen molar-refractivity contribution in [3.8, 4) is 5.75 Å². The maximum atomic E-state index is 12.3. The normalized spacial score (nSPS) is 14.7. The summed E-state index contributed by atoms with van der Waals surface area (Å²) < 4.78 is 43.4. The number of hydrogen-bond acceptors (Lipinski definition) is 3. The van der Waals surface area contributed by atoms with Crippen LogP contribution >= 0.6 is 0 Å². The van der Waals surface area contributed by atoms with Gasteiger partial charge in [-0.3, -0.25) is 4.68 Å². The second-order valence-electron chi connectivity index (χ2n) is 4.90. The molecule has 7 heteroatoms. The van der Waals surface area contributed by atoms with Crippen molar-refractivity contribution < 1.29 is 17.9 Å². The van der Waals surface area contributed by atoms with Gasteiger partial charge in [0.2, 0.25) is 0 Å². The molecule has 0 saturated heterocycles. The van der Waals surface area contributed by atoms with Gasteiger partial charge in [0, 0.05) is 18.3 Å². The molecule has 4 nitrogen and oxygen atoms in total. The molecule has 0 spiro atoms. The van der Waals surface area contributed by atoms with E-state index in [4.69, 9.17) is 4.74 Å². The van der Waals surface area contributed by atoms with Gasteiger partial charge in [-0.1, -0.05) is 12.1 Å². The first-order valence-corrected chi connectivity index (χ1v) is 6.56. The van der Waals surface area contributed by atoms with E-state index in [1.807, 2.05) is 24.3 Å². The summed E-state index contributed by atoms with van der Waals surface area (Å²) in [5.74, 6) is 0.798. The van der Waals surface area contributed by atoms with Crippen molar-refractivity contribution in [2.24, 2.45) is 0 Å². The topological polar surface area (TPSA) is 30.3 Å². The molecule has 3 rings (SSSR count). The van der Waals surface area contributed by atoms with Crippen LogP contribution in [0.5, 0.6) is 5.75 Å². The number of anilines is 1. The first-order chi connectivity index (χ1) is 10.0. The lowest BCUT2D eigenvalue weighted by Crippen LogP contribution is -2.32. The molecular weight excluding hydrogens is 283 g/mol. The standard InChI is InChI=1S/C14H14F3N3O/c15-14(16,17)10-20-9-11(7-18-20)8-19-5-6-21-13-4-2-1-3-12(13)19/h1-4,7,9H,5-6,8,10H2. The lowest BCUT2D eigenvalue weighted by molar-refractivity contribution is -0.142. The van der Waals surface area contributed by atoms with E-state index in [9.17, 15) is 13.2 Å². The molecule has 1 aromatic heterocycles. The summed E-state index contributed by atoms with van der Waals surface area (Å²) in [6.07, 6.45) is -1.34. The first-order valence-electron chi connectivity index (χ1n) is 6.56. The summed E-state index contributed by atoms with van der Waals surface area (Å²) in [6, 6.07) is 7.63. The van der Waals surface area contributed by atoms with Crippen molar-refractivity contribution in [1.82, 2.24) is 9.78 Å². The molecule has 2 aromatic rings. The summed E-state index contributed by atoms with van der Waals surface area (Å²) in [6.45, 7) is 0.708. The number of benzene rings is 1. The summed E-state index contributed by atoms with van der Waals surface area (Å²) in [4.78, 5) is 2.08. The molecule has 0 radical (unpaired) electrons. The number of rotatable bonds is 3. The molecule has 112 valence electrons. The van der Waals surface area contributed by atoms with Gasteiger partial charge in [-0.2, -0.15) is 18.3 Å². The highest BCUT2D eigenvalue weighted by Gasteiger charge is 2.28. The Morgan fingerprint density at radius 1 is 1.24 bits per heavy atom. The molecule has 1 aromatic carbocycles. The zero-order valence-corrected chi connectivity index (χ0v) is 11.2. The van der Waals surface area contributed by atoms with Crippen LogP contribution in [0.25, 0.3) is 0 Å². The lowest BCUT2D eigenvalue weighted by atomic mass is 10.2. The number of nitrogens with zero attached hydrogens (tertiary/aromatic N) is 3. The van der Waals surface area contributed by atoms with Crippen molar-refractivity contribution in [2.45, 2.75) is 19.3 Å². The highest BCUT2D eigenvalue weighted by atomic mass is 19.4. The van der Waals surface area contributed by atoms with Gasteiger partial charge < -0.3 is 9.64 Å². The van der Waals surface area contributed by atoms with Crippen LogP contribution in [0.15, 0.2) is 36.7 Å². The summed E-state index contributed by atoms with van der Waals surface area (Å²) >= 11 is 0. The van der Waals surface area contributed by atoms with Gasteiger partial charge in [-0.25, -0.2) is 0 Å². The lowest BCUT2D eigenvalue weighted by Gasteiger charge is -2.30. The summed E-state index contributed by atoms with van der Waals surface area (Å²) in [5, 5.41) is 3.76. The predicted molar refractivity (Wildman–Crippen MR) is 71.3 cm³/mol. The van der Waals surface area contributed by atoms with Crippen LogP contribution in [0, 0.1) is 0 Å². The van der Waals surface area contributed by atoms with Crippen LogP contribution in [0.2, 0.25) is 0 Å². The number of halogens is 3. The van der Waals surface area contributed by atoms with Crippen molar-refractivity contribution in [1.29, 1.82) is 0 Å². The maximum absolute atomic E-state index is 12.3. The Balaban J connectivity index is 1.73. The third kappa shape index (κ3) is 3.29. The SMILES string of the molecule is FC(F)(F)Cn1cc(CN2CCOc3ccccc32)cn1. The van der Waals surface area contributed by atoms with Crippen LogP contribution in [0.1, 0.15) is 5.56 Å². The van der Waals surface area contributed by atoms with Crippen molar-refractivity contribution >= 4 is 5.69 Å². The van der Waals surface area contributed by atoms with Crippen molar-refractivity contribution in [2.75, 3.05) is 18.1 Å². The Morgan fingerprint density at radius 3 is 2.86 bits per heavy atom. The van der Waals surface area contributed by atoms with Gasteiger partial charge in [-0.05, 0) is 12.1 Å². The minimum Gasteiger partial charge on any atom is -0.490 e. The fourth-order valence-electron chi connectivity index (χ4n) is 2.37. The molecule has 0 unspecified atom stereocenters. The molecule has 0 N–H and O–H groups in total. The Labute approximate surface area is 119 Å². The van der Waals surface area contributed by atoms with E-state index < -0.39 is 12.7 Å². The number of alkyl halides is 3. The fourth-order valence-corrected chi connectivity index (χ4v) is 2.37. The zero-order valence-electron chi connectivity index (χ0n) is 11.2. The van der Waals surface area contributed by atoms with Crippen LogP contribution in [-0.2, 0) is 13.1 Å². The highest BCUT2D eigenvalue weighted by Crippen LogP contribution is 2.31. The molecule has 0 fully saturated rings. The second-order valence-corrected chi connectivity index (χ2v) is 4.90. The molecular formula is C14H14F3N3O. The van der Waals surface area contributed by atoms with Crippen LogP contribution in [-0.4, -0.2) is 29.1 Å². The molecule has 0 saturated carbocycles. The van der Waals surface area contributed by atoms with Gasteiger partial charge in [0.05, 0.1) is 18.4 Å². The molecule has 2 heterocycles. The molecule has 0 amide bonds. The minimum absolute atomic E-state index is 0.512. The smallest absolute Gasteiger partial charge is 0.408 e. The molecule has 21 heavy (non-hydrogen) atoms. The number of hydrogen-bond donors (Lipinski definition) is 0. The van der Waals surface area contributed by atoms with E-state index in [-0.39, 0.29) is 0 Å². The predicted octanol–water partition coefficient (Wildman–Crippen LogP) is 2.84. The fraction of sp³-hybridized carbons (Fsp3) is 0.357. The molecule has 0 aliphatic carbocycles. The monoisotopic (exact) mass is 297 g/mol. The average molecular weight is 297 g/mol. The Bertz CT molecular complexity index is 624. The van der Waals surface area contributed by atoms with Crippen LogP contribution in [0.3, 0.4) is 0 Å². The third-order valence-electron chi connectivity index (χ3n) is 3.23. The summed E-state index contributed by atoms with van der Waals surface area (Å²) in [5.41, 5.74) is 1.70. The van der Waals surface area contributed by atoms with E-state index >= 15 is 0 Å². The zero-order chi connectivity index (χ0) is 14.9.